The van der Waals surface area contributed by atoms with E-state index in [0.717, 1.165) is 18.6 Å². The molecule has 0 fully saturated rings. The summed E-state index contributed by atoms with van der Waals surface area (Å²) in [6, 6.07) is 2.83. The van der Waals surface area contributed by atoms with Gasteiger partial charge in [0.1, 0.15) is 5.75 Å². The van der Waals surface area contributed by atoms with Crippen LogP contribution in [0.1, 0.15) is 18.4 Å². The summed E-state index contributed by atoms with van der Waals surface area (Å²) in [6.45, 7) is 0.685. The molecular weight excluding hydrogens is 549 g/mol. The molecule has 0 aliphatic carbocycles. The molecule has 0 N–H and O–H groups in total. The molecule has 0 aliphatic heterocycles. The fraction of sp³-hybridized carbons (Fsp3) is 0.462. The molecule has 0 aliphatic rings. The van der Waals surface area contributed by atoms with E-state index in [1.54, 1.807) is 0 Å². The summed E-state index contributed by atoms with van der Waals surface area (Å²) in [5, 5.41) is 11.0. The van der Waals surface area contributed by atoms with Gasteiger partial charge in [-0.25, -0.2) is 0 Å². The molecule has 0 radical (unpaired) electrons. The van der Waals surface area contributed by atoms with Crippen molar-refractivity contribution in [2.45, 2.75) is 19.4 Å². The van der Waals surface area contributed by atoms with Gasteiger partial charge in [0, 0.05) is 6.61 Å². The first-order valence-corrected chi connectivity index (χ1v) is 6.73. The van der Waals surface area contributed by atoms with Crippen LogP contribution in [0.2, 0.25) is 0 Å². The van der Waals surface area contributed by atoms with Crippen molar-refractivity contribution in [1.82, 2.24) is 0 Å². The summed E-state index contributed by atoms with van der Waals surface area (Å²) in [5.74, 6) is 1.41. The molecule has 0 atom stereocenters. The van der Waals surface area contributed by atoms with Crippen molar-refractivity contribution in [3.63, 3.8) is 0 Å². The van der Waals surface area contributed by atoms with Gasteiger partial charge < -0.3 is 14.2 Å². The standard InChI is InChI=1S/C13H18NO5S.Rf/c1-17-12-7-10(9-19-5-3-4-6-20)11(14(15)16)8-13(12)18-2;/h7-8,20H,2-6,9H2,1H3;/q-1;. The van der Waals surface area contributed by atoms with Crippen LogP contribution in [0, 0.1) is 17.2 Å². The van der Waals surface area contributed by atoms with Gasteiger partial charge in [0.05, 0.1) is 30.3 Å². The van der Waals surface area contributed by atoms with E-state index in [9.17, 15) is 10.1 Å². The molecule has 1 aromatic rings. The Morgan fingerprint density at radius 2 is 2.05 bits per heavy atom. The van der Waals surface area contributed by atoms with E-state index in [4.69, 9.17) is 14.2 Å². The van der Waals surface area contributed by atoms with E-state index in [2.05, 4.69) is 19.7 Å². The number of ether oxygens (including phenoxy) is 3. The predicted octanol–water partition coefficient (Wildman–Crippen LogP) is 3.00. The van der Waals surface area contributed by atoms with E-state index in [1.165, 1.54) is 19.2 Å². The first-order chi connectivity index (χ1) is 9.63. The molecule has 1 aromatic carbocycles. The molecule has 0 saturated heterocycles. The van der Waals surface area contributed by atoms with Gasteiger partial charge in [-0.05, 0) is 24.7 Å². The molecule has 0 bridgehead atoms. The molecule has 1 rings (SSSR count). The van der Waals surface area contributed by atoms with E-state index >= 15 is 0 Å². The van der Waals surface area contributed by atoms with Crippen molar-refractivity contribution in [3.05, 3.63) is 34.9 Å². The third-order valence-electron chi connectivity index (χ3n) is 2.67. The topological polar surface area (TPSA) is 70.8 Å². The maximum Gasteiger partial charge on any atom is 0.278 e. The molecule has 8 heteroatoms. The second-order valence-corrected chi connectivity index (χ2v) is 4.46. The van der Waals surface area contributed by atoms with Crippen LogP contribution < -0.4 is 9.47 Å². The van der Waals surface area contributed by atoms with Crippen LogP contribution in [0.4, 0.5) is 5.69 Å². The number of rotatable bonds is 9. The van der Waals surface area contributed by atoms with Crippen molar-refractivity contribution in [3.8, 4) is 11.5 Å². The van der Waals surface area contributed by atoms with Gasteiger partial charge in [-0.1, -0.05) is 0 Å². The van der Waals surface area contributed by atoms with Gasteiger partial charge >= 0.3 is 0 Å². The van der Waals surface area contributed by atoms with Crippen molar-refractivity contribution >= 4 is 18.3 Å². The Morgan fingerprint density at radius 1 is 1.33 bits per heavy atom. The maximum absolute atomic E-state index is 11.0. The van der Waals surface area contributed by atoms with Gasteiger partial charge in [0.15, 0.2) is 5.75 Å². The van der Waals surface area contributed by atoms with Crippen molar-refractivity contribution in [1.29, 1.82) is 0 Å². The van der Waals surface area contributed by atoms with Crippen LogP contribution >= 0.6 is 12.6 Å². The van der Waals surface area contributed by atoms with Crippen LogP contribution in [0.5, 0.6) is 11.5 Å². The average molecular weight is 567 g/mol. The second-order valence-electron chi connectivity index (χ2n) is 4.02. The summed E-state index contributed by atoms with van der Waals surface area (Å²) in [4.78, 5) is 10.6. The first-order valence-electron chi connectivity index (χ1n) is 6.10. The number of hydrogen-bond acceptors (Lipinski definition) is 6. The Morgan fingerprint density at radius 3 is 2.57 bits per heavy atom. The first kappa shape index (κ1) is 18.5. The number of unbranched alkanes of at least 4 members (excludes halogenated alkanes) is 1. The zero-order valence-corrected chi connectivity index (χ0v) is 19.3. The Labute approximate surface area is 123 Å². The van der Waals surface area contributed by atoms with E-state index in [-0.39, 0.29) is 18.0 Å². The number of nitro benzene ring substituents is 1. The second kappa shape index (κ2) is 9.44. The number of methoxy groups -OCH3 is 1. The Balaban J connectivity index is 0.00000400. The molecular formula is C13H18NO5RfS-. The number of hydrogen-bond donors (Lipinski definition) is 1. The number of thiol groups is 1. The molecule has 0 heterocycles. The SMILES string of the molecule is [CH2-]Oc1cc([N+](=O)[O-])c(COCCCCS)cc1OC.[Rf]. The minimum atomic E-state index is -0.478. The molecule has 0 spiro atoms. The monoisotopic (exact) mass is 567 g/mol. The Hall–Kier alpha value is -2.47. The number of nitrogens with zero attached hydrogens (tertiary/aromatic N) is 1. The van der Waals surface area contributed by atoms with E-state index in [1.807, 2.05) is 0 Å². The fourth-order valence-electron chi connectivity index (χ4n) is 1.65. The third kappa shape index (κ3) is 5.19. The Bertz CT molecular complexity index is 458. The van der Waals surface area contributed by atoms with Gasteiger partial charge in [0.2, 0.25) is 0 Å². The average Bonchev–Trinajstić information content (AvgIpc) is 2.46. The molecule has 0 saturated carbocycles. The normalized spacial score (nSPS) is 9.86. The van der Waals surface area contributed by atoms with Crippen LogP contribution in [0.3, 0.4) is 0 Å². The van der Waals surface area contributed by atoms with Crippen molar-refractivity contribution in [2.24, 2.45) is 0 Å². The van der Waals surface area contributed by atoms with Crippen LogP contribution in [-0.2, 0) is 11.3 Å². The van der Waals surface area contributed by atoms with Crippen LogP contribution in [-0.4, -0.2) is 24.4 Å². The zero-order chi connectivity index (χ0) is 15.0. The van der Waals surface area contributed by atoms with Gasteiger partial charge in [0.25, 0.3) is 5.69 Å². The van der Waals surface area contributed by atoms with Crippen molar-refractivity contribution in [2.75, 3.05) is 19.5 Å². The molecule has 114 valence electrons. The summed E-state index contributed by atoms with van der Waals surface area (Å²) >= 11 is 4.10. The van der Waals surface area contributed by atoms with Crippen LogP contribution in [0.25, 0.3) is 0 Å². The molecule has 0 amide bonds. The van der Waals surface area contributed by atoms with E-state index in [0.29, 0.717) is 17.9 Å². The Kier molecular flexibility index (Phi) is 8.33. The maximum atomic E-state index is 11.0. The number of nitro groups is 1. The molecule has 21 heavy (non-hydrogen) atoms. The van der Waals surface area contributed by atoms with E-state index < -0.39 is 4.92 Å². The summed E-state index contributed by atoms with van der Waals surface area (Å²) < 4.78 is 15.3. The summed E-state index contributed by atoms with van der Waals surface area (Å²) in [7, 11) is 4.71. The zero-order valence-electron chi connectivity index (χ0n) is 12.0. The summed E-state index contributed by atoms with van der Waals surface area (Å²) in [6.07, 6.45) is 1.82. The predicted molar refractivity (Wildman–Crippen MR) is 78.4 cm³/mol. The van der Waals surface area contributed by atoms with Gasteiger partial charge in [-0.15, -0.1) is 0 Å². The molecule has 6 nitrogen and oxygen atoms in total. The number of benzene rings is 1. The van der Waals surface area contributed by atoms with Crippen LogP contribution in [0.15, 0.2) is 12.1 Å². The molecule has 0 aromatic heterocycles. The van der Waals surface area contributed by atoms with Gasteiger partial charge in [-0.2, -0.15) is 19.7 Å². The largest absolute Gasteiger partial charge is 0.663 e. The smallest absolute Gasteiger partial charge is 0.278 e. The fourth-order valence-corrected chi connectivity index (χ4v) is 1.87. The minimum Gasteiger partial charge on any atom is -0.663 e. The third-order valence-corrected chi connectivity index (χ3v) is 2.99. The minimum absolute atomic E-state index is 0. The molecule has 0 unspecified atom stereocenters. The summed E-state index contributed by atoms with van der Waals surface area (Å²) in [5.41, 5.74) is 0.372. The van der Waals surface area contributed by atoms with Crippen molar-refractivity contribution < 1.29 is 19.1 Å². The van der Waals surface area contributed by atoms with Gasteiger partial charge in [-0.3, -0.25) is 10.1 Å². The quantitative estimate of drug-likeness (QED) is 0.164.